The van der Waals surface area contributed by atoms with E-state index in [9.17, 15) is 5.11 Å². The van der Waals surface area contributed by atoms with Gasteiger partial charge in [0.1, 0.15) is 18.2 Å². The molecule has 0 bridgehead atoms. The standard InChI is InChI=1S/C13H22N4O2/c1-3-14-10-7-11(16-12(15-10)8-19-2)17-13(9-18)5-4-6-13/h7,18H,3-6,8-9H2,1-2H3,(H2,14,15,16,17). The third-order valence-corrected chi connectivity index (χ3v) is 3.41. The van der Waals surface area contributed by atoms with Gasteiger partial charge in [0.15, 0.2) is 5.82 Å². The lowest BCUT2D eigenvalue weighted by Crippen LogP contribution is -2.48. The van der Waals surface area contributed by atoms with Crippen molar-refractivity contribution in [2.45, 2.75) is 38.3 Å². The van der Waals surface area contributed by atoms with Crippen molar-refractivity contribution >= 4 is 11.6 Å². The first-order valence-corrected chi connectivity index (χ1v) is 6.71. The molecule has 0 amide bonds. The van der Waals surface area contributed by atoms with E-state index in [1.54, 1.807) is 7.11 Å². The fourth-order valence-corrected chi connectivity index (χ4v) is 2.22. The van der Waals surface area contributed by atoms with E-state index in [2.05, 4.69) is 20.6 Å². The maximum absolute atomic E-state index is 9.50. The van der Waals surface area contributed by atoms with Crippen LogP contribution >= 0.6 is 0 Å². The van der Waals surface area contributed by atoms with Crippen molar-refractivity contribution in [1.82, 2.24) is 9.97 Å². The van der Waals surface area contributed by atoms with Gasteiger partial charge in [-0.05, 0) is 26.2 Å². The van der Waals surface area contributed by atoms with Gasteiger partial charge < -0.3 is 20.5 Å². The summed E-state index contributed by atoms with van der Waals surface area (Å²) in [5.74, 6) is 2.15. The summed E-state index contributed by atoms with van der Waals surface area (Å²) in [6.07, 6.45) is 3.09. The van der Waals surface area contributed by atoms with Gasteiger partial charge in [0, 0.05) is 19.7 Å². The Morgan fingerprint density at radius 1 is 1.37 bits per heavy atom. The SMILES string of the molecule is CCNc1cc(NC2(CO)CCC2)nc(COC)n1. The molecular weight excluding hydrogens is 244 g/mol. The Hall–Kier alpha value is -1.40. The van der Waals surface area contributed by atoms with E-state index in [1.165, 1.54) is 0 Å². The van der Waals surface area contributed by atoms with Crippen LogP contribution in [0.4, 0.5) is 11.6 Å². The highest BCUT2D eigenvalue weighted by Gasteiger charge is 2.36. The van der Waals surface area contributed by atoms with Gasteiger partial charge in [-0.2, -0.15) is 0 Å². The molecule has 0 spiro atoms. The van der Waals surface area contributed by atoms with Crippen LogP contribution in [0.25, 0.3) is 0 Å². The van der Waals surface area contributed by atoms with Crippen LogP contribution in [-0.2, 0) is 11.3 Å². The normalized spacial score (nSPS) is 16.8. The molecule has 3 N–H and O–H groups in total. The van der Waals surface area contributed by atoms with E-state index in [-0.39, 0.29) is 12.1 Å². The molecule has 0 radical (unpaired) electrons. The molecule has 6 nitrogen and oxygen atoms in total. The summed E-state index contributed by atoms with van der Waals surface area (Å²) in [7, 11) is 1.62. The molecule has 1 fully saturated rings. The van der Waals surface area contributed by atoms with Crippen LogP contribution in [0.2, 0.25) is 0 Å². The van der Waals surface area contributed by atoms with Gasteiger partial charge in [-0.25, -0.2) is 9.97 Å². The van der Waals surface area contributed by atoms with E-state index in [4.69, 9.17) is 4.74 Å². The van der Waals surface area contributed by atoms with E-state index < -0.39 is 0 Å². The van der Waals surface area contributed by atoms with Crippen LogP contribution in [0.15, 0.2) is 6.07 Å². The molecular formula is C13H22N4O2. The highest BCUT2D eigenvalue weighted by Crippen LogP contribution is 2.34. The minimum atomic E-state index is -0.206. The lowest BCUT2D eigenvalue weighted by Gasteiger charge is -2.41. The maximum atomic E-state index is 9.50. The average molecular weight is 266 g/mol. The summed E-state index contributed by atoms with van der Waals surface area (Å²) in [5.41, 5.74) is -0.206. The molecule has 1 aromatic heterocycles. The van der Waals surface area contributed by atoms with Crippen molar-refractivity contribution < 1.29 is 9.84 Å². The minimum Gasteiger partial charge on any atom is -0.394 e. The van der Waals surface area contributed by atoms with Gasteiger partial charge in [0.05, 0.1) is 12.1 Å². The first kappa shape index (κ1) is 14.0. The van der Waals surface area contributed by atoms with Crippen LogP contribution in [0.5, 0.6) is 0 Å². The molecule has 6 heteroatoms. The zero-order chi connectivity index (χ0) is 13.7. The van der Waals surface area contributed by atoms with Crippen LogP contribution in [0.1, 0.15) is 32.0 Å². The van der Waals surface area contributed by atoms with Crippen LogP contribution < -0.4 is 10.6 Å². The van der Waals surface area contributed by atoms with Crippen molar-refractivity contribution in [2.24, 2.45) is 0 Å². The number of anilines is 2. The Bertz CT molecular complexity index is 391. The fourth-order valence-electron chi connectivity index (χ4n) is 2.22. The number of methoxy groups -OCH3 is 1. The number of aliphatic hydroxyl groups is 1. The second-order valence-electron chi connectivity index (χ2n) is 4.93. The third-order valence-electron chi connectivity index (χ3n) is 3.41. The Kier molecular flexibility index (Phi) is 4.55. The Balaban J connectivity index is 2.17. The number of aromatic nitrogens is 2. The second-order valence-corrected chi connectivity index (χ2v) is 4.93. The summed E-state index contributed by atoms with van der Waals surface area (Å²) in [4.78, 5) is 8.78. The topological polar surface area (TPSA) is 79.3 Å². The van der Waals surface area contributed by atoms with Crippen LogP contribution in [0.3, 0.4) is 0 Å². The van der Waals surface area contributed by atoms with E-state index >= 15 is 0 Å². The number of nitrogens with zero attached hydrogens (tertiary/aromatic N) is 2. The van der Waals surface area contributed by atoms with Crippen LogP contribution in [-0.4, -0.2) is 40.9 Å². The summed E-state index contributed by atoms with van der Waals surface area (Å²) in [5, 5.41) is 16.0. The number of rotatable bonds is 7. The van der Waals surface area contributed by atoms with E-state index in [0.717, 1.165) is 37.4 Å². The number of hydrogen-bond acceptors (Lipinski definition) is 6. The quantitative estimate of drug-likeness (QED) is 0.692. The lowest BCUT2D eigenvalue weighted by atomic mass is 9.77. The molecule has 1 saturated carbocycles. The zero-order valence-corrected chi connectivity index (χ0v) is 11.6. The Morgan fingerprint density at radius 2 is 2.11 bits per heavy atom. The number of nitrogens with one attached hydrogen (secondary N) is 2. The highest BCUT2D eigenvalue weighted by molar-refractivity contribution is 5.49. The zero-order valence-electron chi connectivity index (χ0n) is 11.6. The molecule has 0 unspecified atom stereocenters. The molecule has 0 atom stereocenters. The van der Waals surface area contributed by atoms with Gasteiger partial charge in [-0.3, -0.25) is 0 Å². The van der Waals surface area contributed by atoms with Crippen molar-refractivity contribution in [1.29, 1.82) is 0 Å². The molecule has 0 aromatic carbocycles. The predicted octanol–water partition coefficient (Wildman–Crippen LogP) is 1.38. The van der Waals surface area contributed by atoms with E-state index in [0.29, 0.717) is 12.4 Å². The second kappa shape index (κ2) is 6.16. The first-order valence-electron chi connectivity index (χ1n) is 6.71. The van der Waals surface area contributed by atoms with Crippen LogP contribution in [0, 0.1) is 0 Å². The molecule has 1 heterocycles. The Labute approximate surface area is 113 Å². The summed E-state index contributed by atoms with van der Waals surface area (Å²) >= 11 is 0. The number of aliphatic hydroxyl groups excluding tert-OH is 1. The van der Waals surface area contributed by atoms with Gasteiger partial charge in [0.2, 0.25) is 0 Å². The predicted molar refractivity (Wildman–Crippen MR) is 74.2 cm³/mol. The van der Waals surface area contributed by atoms with Gasteiger partial charge >= 0.3 is 0 Å². The number of hydrogen-bond donors (Lipinski definition) is 3. The monoisotopic (exact) mass is 266 g/mol. The smallest absolute Gasteiger partial charge is 0.158 e. The molecule has 0 aliphatic heterocycles. The van der Waals surface area contributed by atoms with Gasteiger partial charge in [-0.15, -0.1) is 0 Å². The van der Waals surface area contributed by atoms with Gasteiger partial charge in [0.25, 0.3) is 0 Å². The third kappa shape index (κ3) is 3.33. The fraction of sp³-hybridized carbons (Fsp3) is 0.692. The van der Waals surface area contributed by atoms with Crippen molar-refractivity contribution in [2.75, 3.05) is 30.9 Å². The largest absolute Gasteiger partial charge is 0.394 e. The van der Waals surface area contributed by atoms with E-state index in [1.807, 2.05) is 13.0 Å². The number of ether oxygens (including phenoxy) is 1. The van der Waals surface area contributed by atoms with Crippen molar-refractivity contribution in [3.63, 3.8) is 0 Å². The molecule has 19 heavy (non-hydrogen) atoms. The highest BCUT2D eigenvalue weighted by atomic mass is 16.5. The van der Waals surface area contributed by atoms with Crippen molar-refractivity contribution in [3.05, 3.63) is 11.9 Å². The molecule has 1 aliphatic rings. The summed E-state index contributed by atoms with van der Waals surface area (Å²) < 4.78 is 5.08. The molecule has 1 aliphatic carbocycles. The summed E-state index contributed by atoms with van der Waals surface area (Å²) in [6.45, 7) is 3.33. The molecule has 2 rings (SSSR count). The first-order chi connectivity index (χ1) is 9.21. The Morgan fingerprint density at radius 3 is 2.63 bits per heavy atom. The molecule has 1 aromatic rings. The van der Waals surface area contributed by atoms with Gasteiger partial charge in [-0.1, -0.05) is 0 Å². The average Bonchev–Trinajstić information content (AvgIpc) is 2.34. The molecule has 106 valence electrons. The minimum absolute atomic E-state index is 0.132. The summed E-state index contributed by atoms with van der Waals surface area (Å²) in [6, 6.07) is 1.87. The molecule has 0 saturated heterocycles. The lowest BCUT2D eigenvalue weighted by molar-refractivity contribution is 0.143. The maximum Gasteiger partial charge on any atom is 0.158 e. The van der Waals surface area contributed by atoms with Crippen molar-refractivity contribution in [3.8, 4) is 0 Å².